The van der Waals surface area contributed by atoms with Crippen molar-refractivity contribution in [3.05, 3.63) is 96.4 Å². The molecule has 40 heavy (non-hydrogen) atoms. The minimum absolute atomic E-state index is 0.0429. The predicted octanol–water partition coefficient (Wildman–Crippen LogP) is 5.48. The number of hydrogen-bond acceptors (Lipinski definition) is 6. The van der Waals surface area contributed by atoms with Gasteiger partial charge in [0.25, 0.3) is 5.91 Å². The SMILES string of the molecule is COc1ccccc1OCC(=O)N1CCN(c2ncnc3c2c(-c2ccccc2)cn3-c2cccc(Cl)c2)CC1. The van der Waals surface area contributed by atoms with Crippen LogP contribution in [0.2, 0.25) is 5.02 Å². The van der Waals surface area contributed by atoms with E-state index in [0.717, 1.165) is 33.7 Å². The van der Waals surface area contributed by atoms with Gasteiger partial charge in [0, 0.05) is 48.6 Å². The fourth-order valence-electron chi connectivity index (χ4n) is 5.08. The number of aromatic nitrogens is 3. The summed E-state index contributed by atoms with van der Waals surface area (Å²) in [5.74, 6) is 1.95. The number of carbonyl (C=O) groups is 1. The molecule has 0 saturated carbocycles. The molecule has 0 spiro atoms. The van der Waals surface area contributed by atoms with Gasteiger partial charge in [-0.3, -0.25) is 4.79 Å². The Bertz CT molecular complexity index is 1650. The lowest BCUT2D eigenvalue weighted by molar-refractivity contribution is -0.133. The molecule has 8 nitrogen and oxygen atoms in total. The zero-order valence-corrected chi connectivity index (χ0v) is 22.8. The Morgan fingerprint density at radius 3 is 2.40 bits per heavy atom. The smallest absolute Gasteiger partial charge is 0.260 e. The molecule has 6 rings (SSSR count). The van der Waals surface area contributed by atoms with E-state index in [2.05, 4.69) is 27.8 Å². The van der Waals surface area contributed by atoms with Crippen molar-refractivity contribution >= 4 is 34.4 Å². The summed E-state index contributed by atoms with van der Waals surface area (Å²) < 4.78 is 13.1. The van der Waals surface area contributed by atoms with Crippen LogP contribution in [0.4, 0.5) is 5.82 Å². The number of rotatable bonds is 7. The minimum Gasteiger partial charge on any atom is -0.493 e. The highest BCUT2D eigenvalue weighted by Gasteiger charge is 2.26. The molecule has 1 amide bonds. The molecule has 5 aromatic rings. The van der Waals surface area contributed by atoms with E-state index in [1.54, 1.807) is 19.5 Å². The van der Waals surface area contributed by atoms with Crippen LogP contribution < -0.4 is 14.4 Å². The van der Waals surface area contributed by atoms with Crippen LogP contribution in [0.5, 0.6) is 11.5 Å². The van der Waals surface area contributed by atoms with Gasteiger partial charge < -0.3 is 23.8 Å². The maximum absolute atomic E-state index is 13.0. The average molecular weight is 554 g/mol. The van der Waals surface area contributed by atoms with Crippen molar-refractivity contribution in [3.63, 3.8) is 0 Å². The summed E-state index contributed by atoms with van der Waals surface area (Å²) in [6.07, 6.45) is 3.70. The lowest BCUT2D eigenvalue weighted by atomic mass is 10.1. The van der Waals surface area contributed by atoms with Gasteiger partial charge in [-0.05, 0) is 35.9 Å². The van der Waals surface area contributed by atoms with Crippen LogP contribution in [0.15, 0.2) is 91.4 Å². The molecule has 1 aliphatic rings. The molecule has 0 unspecified atom stereocenters. The van der Waals surface area contributed by atoms with Crippen molar-refractivity contribution in [1.29, 1.82) is 0 Å². The maximum Gasteiger partial charge on any atom is 0.260 e. The Morgan fingerprint density at radius 1 is 0.900 bits per heavy atom. The molecule has 1 fully saturated rings. The second-order valence-electron chi connectivity index (χ2n) is 9.46. The predicted molar refractivity (Wildman–Crippen MR) is 157 cm³/mol. The van der Waals surface area contributed by atoms with Crippen LogP contribution in [0, 0.1) is 0 Å². The number of benzene rings is 3. The van der Waals surface area contributed by atoms with E-state index in [-0.39, 0.29) is 12.5 Å². The van der Waals surface area contributed by atoms with Crippen molar-refractivity contribution in [2.24, 2.45) is 0 Å². The molecule has 0 aliphatic carbocycles. The summed E-state index contributed by atoms with van der Waals surface area (Å²) in [5.41, 5.74) is 3.84. The molecule has 9 heteroatoms. The standard InChI is InChI=1S/C31H28ClN5O3/c1-39-26-12-5-6-13-27(26)40-20-28(38)35-14-16-36(17-15-35)30-29-25(22-8-3-2-4-9-22)19-37(31(29)34-21-33-30)24-11-7-10-23(32)18-24/h2-13,18-19,21H,14-17,20H2,1H3. The molecular weight excluding hydrogens is 526 g/mol. The molecule has 3 aromatic carbocycles. The van der Waals surface area contributed by atoms with E-state index >= 15 is 0 Å². The van der Waals surface area contributed by atoms with Crippen LogP contribution in [-0.2, 0) is 4.79 Å². The highest BCUT2D eigenvalue weighted by Crippen LogP contribution is 2.37. The fourth-order valence-corrected chi connectivity index (χ4v) is 5.27. The van der Waals surface area contributed by atoms with E-state index in [4.69, 9.17) is 31.0 Å². The van der Waals surface area contributed by atoms with Crippen molar-refractivity contribution in [2.75, 3.05) is 44.8 Å². The van der Waals surface area contributed by atoms with E-state index in [1.807, 2.05) is 65.6 Å². The van der Waals surface area contributed by atoms with Crippen LogP contribution in [0.25, 0.3) is 27.8 Å². The van der Waals surface area contributed by atoms with Gasteiger partial charge in [0.15, 0.2) is 23.8 Å². The normalized spacial score (nSPS) is 13.4. The van der Waals surface area contributed by atoms with Gasteiger partial charge in [-0.1, -0.05) is 60.1 Å². The average Bonchev–Trinajstić information content (AvgIpc) is 3.41. The van der Waals surface area contributed by atoms with E-state index < -0.39 is 0 Å². The van der Waals surface area contributed by atoms with Crippen LogP contribution in [0.3, 0.4) is 0 Å². The number of fused-ring (bicyclic) bond motifs is 1. The number of para-hydroxylation sites is 2. The van der Waals surface area contributed by atoms with Gasteiger partial charge in [-0.25, -0.2) is 9.97 Å². The first-order chi connectivity index (χ1) is 19.6. The van der Waals surface area contributed by atoms with Gasteiger partial charge in [0.1, 0.15) is 12.1 Å². The number of carbonyl (C=O) groups excluding carboxylic acids is 1. The molecular formula is C31H28ClN5O3. The maximum atomic E-state index is 13.0. The molecule has 2 aromatic heterocycles. The van der Waals surface area contributed by atoms with Gasteiger partial charge >= 0.3 is 0 Å². The summed E-state index contributed by atoms with van der Waals surface area (Å²) in [6.45, 7) is 2.37. The Kier molecular flexibility index (Phi) is 7.25. The van der Waals surface area contributed by atoms with Gasteiger partial charge in [0.2, 0.25) is 0 Å². The minimum atomic E-state index is -0.0597. The highest BCUT2D eigenvalue weighted by molar-refractivity contribution is 6.30. The van der Waals surface area contributed by atoms with Crippen molar-refractivity contribution < 1.29 is 14.3 Å². The number of anilines is 1. The van der Waals surface area contributed by atoms with E-state index in [9.17, 15) is 4.79 Å². The Labute approximate surface area is 237 Å². The third-order valence-corrected chi connectivity index (χ3v) is 7.32. The molecule has 0 N–H and O–H groups in total. The first-order valence-corrected chi connectivity index (χ1v) is 13.5. The highest BCUT2D eigenvalue weighted by atomic mass is 35.5. The van der Waals surface area contributed by atoms with Crippen molar-refractivity contribution in [1.82, 2.24) is 19.4 Å². The van der Waals surface area contributed by atoms with Gasteiger partial charge in [0.05, 0.1) is 12.5 Å². The number of ether oxygens (including phenoxy) is 2. The first kappa shape index (κ1) is 25.7. The van der Waals surface area contributed by atoms with Crippen LogP contribution in [0.1, 0.15) is 0 Å². The molecule has 3 heterocycles. The second-order valence-corrected chi connectivity index (χ2v) is 9.90. The summed E-state index contributed by atoms with van der Waals surface area (Å²) in [7, 11) is 1.58. The number of piperazine rings is 1. The molecule has 0 atom stereocenters. The molecule has 0 radical (unpaired) electrons. The Morgan fingerprint density at radius 2 is 1.65 bits per heavy atom. The van der Waals surface area contributed by atoms with Gasteiger partial charge in [-0.15, -0.1) is 0 Å². The number of methoxy groups -OCH3 is 1. The Balaban J connectivity index is 1.26. The quantitative estimate of drug-likeness (QED) is 0.266. The van der Waals surface area contributed by atoms with E-state index in [0.29, 0.717) is 42.7 Å². The zero-order chi connectivity index (χ0) is 27.5. The summed E-state index contributed by atoms with van der Waals surface area (Å²) in [5, 5.41) is 1.62. The Hall–Kier alpha value is -4.56. The van der Waals surface area contributed by atoms with Crippen molar-refractivity contribution in [2.45, 2.75) is 0 Å². The lowest BCUT2D eigenvalue weighted by Gasteiger charge is -2.35. The molecule has 1 saturated heterocycles. The van der Waals surface area contributed by atoms with Gasteiger partial charge in [-0.2, -0.15) is 0 Å². The van der Waals surface area contributed by atoms with E-state index in [1.165, 1.54) is 0 Å². The fraction of sp³-hybridized carbons (Fsp3) is 0.194. The number of amides is 1. The summed E-state index contributed by atoms with van der Waals surface area (Å²) >= 11 is 6.33. The first-order valence-electron chi connectivity index (χ1n) is 13.1. The summed E-state index contributed by atoms with van der Waals surface area (Å²) in [4.78, 5) is 26.4. The van der Waals surface area contributed by atoms with Crippen LogP contribution in [-0.4, -0.2) is 65.2 Å². The van der Waals surface area contributed by atoms with Crippen LogP contribution >= 0.6 is 11.6 Å². The molecule has 1 aliphatic heterocycles. The largest absolute Gasteiger partial charge is 0.493 e. The number of halogens is 1. The third-order valence-electron chi connectivity index (χ3n) is 7.09. The topological polar surface area (TPSA) is 72.7 Å². The van der Waals surface area contributed by atoms with Crippen molar-refractivity contribution in [3.8, 4) is 28.3 Å². The lowest BCUT2D eigenvalue weighted by Crippen LogP contribution is -2.50. The zero-order valence-electron chi connectivity index (χ0n) is 22.0. The monoisotopic (exact) mass is 553 g/mol. The number of nitrogens with zero attached hydrogens (tertiary/aromatic N) is 5. The second kappa shape index (κ2) is 11.3. The third kappa shape index (κ3) is 5.05. The number of hydrogen-bond donors (Lipinski definition) is 0. The summed E-state index contributed by atoms with van der Waals surface area (Å²) in [6, 6.07) is 25.3. The molecule has 0 bridgehead atoms. The molecule has 202 valence electrons.